The summed E-state index contributed by atoms with van der Waals surface area (Å²) in [7, 11) is 0. The predicted molar refractivity (Wildman–Crippen MR) is 119 cm³/mol. The van der Waals surface area contributed by atoms with Gasteiger partial charge < -0.3 is 28.4 Å². The molecule has 35 heavy (non-hydrogen) atoms. The minimum absolute atomic E-state index is 0.0928. The highest BCUT2D eigenvalue weighted by Gasteiger charge is 2.62. The van der Waals surface area contributed by atoms with Gasteiger partial charge in [0.2, 0.25) is 0 Å². The second kappa shape index (κ2) is 9.08. The van der Waals surface area contributed by atoms with Gasteiger partial charge in [-0.2, -0.15) is 0 Å². The van der Waals surface area contributed by atoms with E-state index in [-0.39, 0.29) is 11.3 Å². The summed E-state index contributed by atoms with van der Waals surface area (Å²) in [6.45, 7) is 0.348. The van der Waals surface area contributed by atoms with Crippen molar-refractivity contribution in [2.45, 2.75) is 106 Å². The first kappa shape index (κ1) is 23.3. The van der Waals surface area contributed by atoms with Crippen LogP contribution in [-0.2, 0) is 28.4 Å². The molecule has 2 saturated carbocycles. The molecule has 2 spiro atoms. The zero-order valence-corrected chi connectivity index (χ0v) is 19.6. The van der Waals surface area contributed by atoms with Crippen LogP contribution in [0.2, 0.25) is 0 Å². The molecule has 5 fully saturated rings. The number of ether oxygens (including phenoxy) is 6. The summed E-state index contributed by atoms with van der Waals surface area (Å²) in [5.74, 6) is -1.89. The molecule has 0 N–H and O–H groups in total. The molecule has 1 aromatic carbocycles. The summed E-state index contributed by atoms with van der Waals surface area (Å²) in [6, 6.07) is 5.36. The number of rotatable bonds is 4. The lowest BCUT2D eigenvalue weighted by Crippen LogP contribution is -2.46. The number of hydrogen-bond donors (Lipinski definition) is 0. The molecule has 3 saturated heterocycles. The normalized spacial score (nSPS) is 35.3. The summed E-state index contributed by atoms with van der Waals surface area (Å²) >= 11 is 0. The fourth-order valence-corrected chi connectivity index (χ4v) is 6.12. The van der Waals surface area contributed by atoms with Crippen molar-refractivity contribution in [2.24, 2.45) is 0 Å². The third-order valence-electron chi connectivity index (χ3n) is 7.92. The Morgan fingerprint density at radius 2 is 1.54 bits per heavy atom. The van der Waals surface area contributed by atoms with Gasteiger partial charge in [-0.25, -0.2) is 4.79 Å². The average molecular weight is 490 g/mol. The molecule has 0 aromatic heterocycles. The molecule has 190 valence electrons. The molecular formula is C25H31NO9. The molecule has 10 nitrogen and oxygen atoms in total. The van der Waals surface area contributed by atoms with Crippen LogP contribution in [0.3, 0.4) is 0 Å². The first-order chi connectivity index (χ1) is 17.0. The van der Waals surface area contributed by atoms with Gasteiger partial charge in [-0.1, -0.05) is 12.8 Å². The average Bonchev–Trinajstić information content (AvgIpc) is 3.52. The van der Waals surface area contributed by atoms with Gasteiger partial charge in [-0.3, -0.25) is 10.1 Å². The highest BCUT2D eigenvalue weighted by Crippen LogP contribution is 2.48. The van der Waals surface area contributed by atoms with Crippen LogP contribution in [0, 0.1) is 10.1 Å². The number of fused-ring (bicyclic) bond motifs is 1. The van der Waals surface area contributed by atoms with Gasteiger partial charge in [0.15, 0.2) is 30.1 Å². The number of carbonyl (C=O) groups excluding carboxylic acids is 1. The topological polar surface area (TPSA) is 116 Å². The van der Waals surface area contributed by atoms with E-state index in [9.17, 15) is 14.9 Å². The molecule has 0 bridgehead atoms. The van der Waals surface area contributed by atoms with Crippen molar-refractivity contribution in [3.05, 3.63) is 39.9 Å². The van der Waals surface area contributed by atoms with Crippen LogP contribution >= 0.6 is 0 Å². The van der Waals surface area contributed by atoms with E-state index in [0.717, 1.165) is 57.8 Å². The monoisotopic (exact) mass is 489 g/mol. The summed E-state index contributed by atoms with van der Waals surface area (Å²) in [5.41, 5.74) is 0.126. The molecule has 3 heterocycles. The Morgan fingerprint density at radius 1 is 0.886 bits per heavy atom. The van der Waals surface area contributed by atoms with Crippen LogP contribution < -0.4 is 0 Å². The van der Waals surface area contributed by atoms with Gasteiger partial charge >= 0.3 is 5.97 Å². The lowest BCUT2D eigenvalue weighted by atomic mass is 9.94. The molecule has 6 rings (SSSR count). The van der Waals surface area contributed by atoms with E-state index in [1.807, 2.05) is 0 Å². The fraction of sp³-hybridized carbons (Fsp3) is 0.720. The molecule has 5 atom stereocenters. The van der Waals surface area contributed by atoms with Gasteiger partial charge in [0.05, 0.1) is 17.1 Å². The third kappa shape index (κ3) is 4.35. The number of esters is 1. The van der Waals surface area contributed by atoms with Crippen molar-refractivity contribution < 1.29 is 38.1 Å². The summed E-state index contributed by atoms with van der Waals surface area (Å²) < 4.78 is 37.5. The minimum Gasteiger partial charge on any atom is -0.453 e. The molecule has 1 aromatic rings. The van der Waals surface area contributed by atoms with Crippen LogP contribution in [0.25, 0.3) is 0 Å². The number of benzene rings is 1. The molecule has 0 unspecified atom stereocenters. The Bertz CT molecular complexity index is 954. The highest BCUT2D eigenvalue weighted by molar-refractivity contribution is 5.89. The zero-order valence-electron chi connectivity index (χ0n) is 19.6. The van der Waals surface area contributed by atoms with E-state index in [1.54, 1.807) is 0 Å². The van der Waals surface area contributed by atoms with Crippen molar-refractivity contribution in [1.29, 1.82) is 0 Å². The number of hydrogen-bond acceptors (Lipinski definition) is 9. The summed E-state index contributed by atoms with van der Waals surface area (Å²) in [4.78, 5) is 23.5. The lowest BCUT2D eigenvalue weighted by molar-refractivity contribution is -0.384. The van der Waals surface area contributed by atoms with Crippen molar-refractivity contribution in [3.63, 3.8) is 0 Å². The smallest absolute Gasteiger partial charge is 0.338 e. The van der Waals surface area contributed by atoms with Gasteiger partial charge in [-0.05, 0) is 37.8 Å². The predicted octanol–water partition coefficient (Wildman–Crippen LogP) is 4.00. The molecular weight excluding hydrogens is 458 g/mol. The Labute approximate surface area is 203 Å². The molecule has 10 heteroatoms. The number of non-ortho nitro benzene ring substituents is 1. The van der Waals surface area contributed by atoms with Crippen molar-refractivity contribution in [2.75, 3.05) is 6.61 Å². The lowest BCUT2D eigenvalue weighted by Gasteiger charge is -2.35. The summed E-state index contributed by atoms with van der Waals surface area (Å²) in [6.07, 6.45) is 6.68. The van der Waals surface area contributed by atoms with Crippen molar-refractivity contribution in [1.82, 2.24) is 0 Å². The molecule has 2 aliphatic carbocycles. The number of nitro groups is 1. The Kier molecular flexibility index (Phi) is 6.04. The molecule has 0 radical (unpaired) electrons. The Hall–Kier alpha value is -2.11. The molecule has 3 aliphatic heterocycles. The van der Waals surface area contributed by atoms with E-state index in [2.05, 4.69) is 0 Å². The molecule has 5 aliphatic rings. The zero-order chi connectivity index (χ0) is 24.0. The van der Waals surface area contributed by atoms with E-state index in [0.29, 0.717) is 6.61 Å². The van der Waals surface area contributed by atoms with Gasteiger partial charge in [0.25, 0.3) is 5.69 Å². The third-order valence-corrected chi connectivity index (χ3v) is 7.92. The maximum atomic E-state index is 13.1. The van der Waals surface area contributed by atoms with Crippen molar-refractivity contribution in [3.8, 4) is 0 Å². The van der Waals surface area contributed by atoms with E-state index < -0.39 is 53.2 Å². The standard InChI is InChI=1S/C25H31NO9/c27-22(16-7-9-17(10-8-16)26(28)29)31-20-19(18-15-30-24(33-18)11-3-1-4-12-24)32-23-21(20)34-25(35-23)13-5-2-6-14-25/h7-10,18-21,23H,1-6,11-15H2/t18-,19-,20-,21+,23+/m0/s1. The van der Waals surface area contributed by atoms with Crippen LogP contribution in [0.1, 0.15) is 74.6 Å². The second-order valence-corrected chi connectivity index (χ2v) is 10.3. The van der Waals surface area contributed by atoms with E-state index in [1.165, 1.54) is 30.7 Å². The first-order valence-corrected chi connectivity index (χ1v) is 12.7. The van der Waals surface area contributed by atoms with Crippen LogP contribution in [0.5, 0.6) is 0 Å². The van der Waals surface area contributed by atoms with Crippen LogP contribution in [0.15, 0.2) is 24.3 Å². The summed E-state index contributed by atoms with van der Waals surface area (Å²) in [5, 5.41) is 11.0. The number of nitro benzene ring substituents is 1. The molecule has 0 amide bonds. The fourth-order valence-electron chi connectivity index (χ4n) is 6.12. The minimum atomic E-state index is -0.753. The second-order valence-electron chi connectivity index (χ2n) is 10.3. The van der Waals surface area contributed by atoms with Gasteiger partial charge in [0.1, 0.15) is 12.2 Å². The van der Waals surface area contributed by atoms with Crippen molar-refractivity contribution >= 4 is 11.7 Å². The van der Waals surface area contributed by atoms with Gasteiger partial charge in [-0.15, -0.1) is 0 Å². The Morgan fingerprint density at radius 3 is 2.20 bits per heavy atom. The first-order valence-electron chi connectivity index (χ1n) is 12.7. The largest absolute Gasteiger partial charge is 0.453 e. The van der Waals surface area contributed by atoms with Crippen LogP contribution in [-0.4, -0.2) is 59.8 Å². The maximum absolute atomic E-state index is 13.1. The SMILES string of the molecule is O=C(O[C@H]1[C@H]([C@@H]2COC3(CCCCC3)O2)O[C@@H]2OC3(CCCCC3)O[C@@H]21)c1ccc([N+](=O)[O-])cc1. The maximum Gasteiger partial charge on any atom is 0.338 e. The number of nitrogens with zero attached hydrogens (tertiary/aromatic N) is 1. The Balaban J connectivity index is 1.22. The quantitative estimate of drug-likeness (QED) is 0.351. The van der Waals surface area contributed by atoms with E-state index >= 15 is 0 Å². The number of carbonyl (C=O) groups is 1. The van der Waals surface area contributed by atoms with E-state index in [4.69, 9.17) is 28.4 Å². The highest BCUT2D eigenvalue weighted by atomic mass is 16.9. The van der Waals surface area contributed by atoms with Crippen LogP contribution in [0.4, 0.5) is 5.69 Å². The van der Waals surface area contributed by atoms with Gasteiger partial charge in [0, 0.05) is 37.8 Å².